The predicted molar refractivity (Wildman–Crippen MR) is 70.9 cm³/mol. The zero-order chi connectivity index (χ0) is 11.6. The number of rotatable bonds is 5. The molecule has 0 aromatic heterocycles. The van der Waals surface area contributed by atoms with E-state index in [0.29, 0.717) is 10.4 Å². The lowest BCUT2D eigenvalue weighted by Gasteiger charge is -2.17. The van der Waals surface area contributed by atoms with Crippen LogP contribution >= 0.6 is 11.6 Å². The van der Waals surface area contributed by atoms with Gasteiger partial charge in [0.15, 0.2) is 0 Å². The number of hydrogen-bond donors (Lipinski definition) is 2. The second kappa shape index (κ2) is 4.54. The third-order valence-electron chi connectivity index (χ3n) is 3.40. The van der Waals surface area contributed by atoms with Gasteiger partial charge in [0.05, 0.1) is 11.4 Å². The van der Waals surface area contributed by atoms with Gasteiger partial charge in [0.1, 0.15) is 0 Å². The van der Waals surface area contributed by atoms with E-state index in [0.717, 1.165) is 17.9 Å². The van der Waals surface area contributed by atoms with Crippen LogP contribution in [0.1, 0.15) is 32.6 Å². The second-order valence-corrected chi connectivity index (χ2v) is 5.27. The molecule has 0 heterocycles. The normalized spacial score (nSPS) is 17.1. The van der Waals surface area contributed by atoms with E-state index < -0.39 is 0 Å². The van der Waals surface area contributed by atoms with E-state index in [1.807, 2.05) is 12.1 Å². The van der Waals surface area contributed by atoms with E-state index in [9.17, 15) is 0 Å². The van der Waals surface area contributed by atoms with Crippen molar-refractivity contribution in [2.24, 2.45) is 5.41 Å². The SMILES string of the molecule is CCCC1(CNc2ccc(Cl)cc2N)CC1. The van der Waals surface area contributed by atoms with E-state index in [2.05, 4.69) is 12.2 Å². The molecule has 0 spiro atoms. The summed E-state index contributed by atoms with van der Waals surface area (Å²) in [6.45, 7) is 3.28. The highest BCUT2D eigenvalue weighted by Gasteiger charge is 2.41. The standard InChI is InChI=1S/C13H19ClN2/c1-2-5-13(6-7-13)9-16-12-4-3-10(14)8-11(12)15/h3-4,8,16H,2,5-7,9,15H2,1H3. The largest absolute Gasteiger partial charge is 0.397 e. The summed E-state index contributed by atoms with van der Waals surface area (Å²) in [4.78, 5) is 0. The highest BCUT2D eigenvalue weighted by Crippen LogP contribution is 2.49. The first-order chi connectivity index (χ1) is 7.65. The van der Waals surface area contributed by atoms with Crippen LogP contribution in [0.5, 0.6) is 0 Å². The number of benzene rings is 1. The van der Waals surface area contributed by atoms with Gasteiger partial charge < -0.3 is 11.1 Å². The summed E-state index contributed by atoms with van der Waals surface area (Å²) >= 11 is 5.86. The molecule has 1 aliphatic carbocycles. The molecule has 16 heavy (non-hydrogen) atoms. The van der Waals surface area contributed by atoms with Crippen molar-refractivity contribution >= 4 is 23.0 Å². The number of nitrogens with one attached hydrogen (secondary N) is 1. The van der Waals surface area contributed by atoms with E-state index in [1.54, 1.807) is 6.07 Å². The van der Waals surface area contributed by atoms with Gasteiger partial charge in [-0.3, -0.25) is 0 Å². The Hall–Kier alpha value is -0.890. The van der Waals surface area contributed by atoms with Crippen LogP contribution in [0.4, 0.5) is 11.4 Å². The average molecular weight is 239 g/mol. The zero-order valence-electron chi connectivity index (χ0n) is 9.72. The molecule has 0 radical (unpaired) electrons. The van der Waals surface area contributed by atoms with Crippen molar-refractivity contribution in [2.75, 3.05) is 17.6 Å². The fraction of sp³-hybridized carbons (Fsp3) is 0.538. The van der Waals surface area contributed by atoms with Gasteiger partial charge in [0, 0.05) is 11.6 Å². The van der Waals surface area contributed by atoms with Gasteiger partial charge in [-0.05, 0) is 42.9 Å². The predicted octanol–water partition coefficient (Wildman–Crippen LogP) is 3.91. The maximum absolute atomic E-state index is 5.90. The van der Waals surface area contributed by atoms with E-state index >= 15 is 0 Å². The smallest absolute Gasteiger partial charge is 0.0575 e. The van der Waals surface area contributed by atoms with Crippen molar-refractivity contribution in [1.82, 2.24) is 0 Å². The van der Waals surface area contributed by atoms with E-state index in [-0.39, 0.29) is 0 Å². The zero-order valence-corrected chi connectivity index (χ0v) is 10.5. The first kappa shape index (κ1) is 11.6. The van der Waals surface area contributed by atoms with Gasteiger partial charge in [-0.25, -0.2) is 0 Å². The first-order valence-electron chi connectivity index (χ1n) is 5.94. The quantitative estimate of drug-likeness (QED) is 0.764. The van der Waals surface area contributed by atoms with Crippen molar-refractivity contribution in [3.05, 3.63) is 23.2 Å². The molecule has 0 amide bonds. The van der Waals surface area contributed by atoms with Gasteiger partial charge in [-0.1, -0.05) is 24.9 Å². The highest BCUT2D eigenvalue weighted by atomic mass is 35.5. The van der Waals surface area contributed by atoms with Gasteiger partial charge in [0.25, 0.3) is 0 Å². The maximum Gasteiger partial charge on any atom is 0.0575 e. The monoisotopic (exact) mass is 238 g/mol. The van der Waals surface area contributed by atoms with Crippen LogP contribution in [0.15, 0.2) is 18.2 Å². The molecule has 1 fully saturated rings. The third kappa shape index (κ3) is 2.62. The van der Waals surface area contributed by atoms with Gasteiger partial charge in [0.2, 0.25) is 0 Å². The Labute approximate surface area is 102 Å². The summed E-state index contributed by atoms with van der Waals surface area (Å²) in [5, 5.41) is 4.14. The number of hydrogen-bond acceptors (Lipinski definition) is 2. The molecule has 2 rings (SSSR count). The Morgan fingerprint density at radius 3 is 2.75 bits per heavy atom. The van der Waals surface area contributed by atoms with Crippen LogP contribution in [-0.2, 0) is 0 Å². The summed E-state index contributed by atoms with van der Waals surface area (Å²) in [5.41, 5.74) is 8.18. The Kier molecular flexibility index (Phi) is 3.29. The summed E-state index contributed by atoms with van der Waals surface area (Å²) in [7, 11) is 0. The molecule has 1 aromatic rings. The van der Waals surface area contributed by atoms with E-state index in [4.69, 9.17) is 17.3 Å². The third-order valence-corrected chi connectivity index (χ3v) is 3.64. The summed E-state index contributed by atoms with van der Waals surface area (Å²) in [6.07, 6.45) is 5.27. The van der Waals surface area contributed by atoms with Crippen LogP contribution in [0.25, 0.3) is 0 Å². The van der Waals surface area contributed by atoms with Crippen LogP contribution in [0.2, 0.25) is 5.02 Å². The number of nitrogen functional groups attached to an aromatic ring is 1. The minimum Gasteiger partial charge on any atom is -0.397 e. The van der Waals surface area contributed by atoms with Crippen LogP contribution < -0.4 is 11.1 Å². The topological polar surface area (TPSA) is 38.0 Å². The molecule has 0 atom stereocenters. The van der Waals surface area contributed by atoms with Crippen molar-refractivity contribution in [2.45, 2.75) is 32.6 Å². The number of nitrogens with two attached hydrogens (primary N) is 1. The van der Waals surface area contributed by atoms with Crippen molar-refractivity contribution in [1.29, 1.82) is 0 Å². The molecule has 2 nitrogen and oxygen atoms in total. The van der Waals surface area contributed by atoms with Gasteiger partial charge in [-0.15, -0.1) is 0 Å². The van der Waals surface area contributed by atoms with Crippen molar-refractivity contribution in [3.8, 4) is 0 Å². The van der Waals surface area contributed by atoms with E-state index in [1.165, 1.54) is 25.7 Å². The number of anilines is 2. The number of halogens is 1. The maximum atomic E-state index is 5.90. The molecule has 3 heteroatoms. The lowest BCUT2D eigenvalue weighted by atomic mass is 10.0. The summed E-state index contributed by atoms with van der Waals surface area (Å²) in [5.74, 6) is 0. The molecule has 1 saturated carbocycles. The molecule has 3 N–H and O–H groups in total. The molecular weight excluding hydrogens is 220 g/mol. The summed E-state index contributed by atoms with van der Waals surface area (Å²) < 4.78 is 0. The molecule has 0 unspecified atom stereocenters. The lowest BCUT2D eigenvalue weighted by molar-refractivity contribution is 0.486. The Morgan fingerprint density at radius 2 is 2.19 bits per heavy atom. The second-order valence-electron chi connectivity index (χ2n) is 4.84. The fourth-order valence-electron chi connectivity index (χ4n) is 2.20. The van der Waals surface area contributed by atoms with Crippen molar-refractivity contribution in [3.63, 3.8) is 0 Å². The highest BCUT2D eigenvalue weighted by molar-refractivity contribution is 6.31. The molecule has 88 valence electrons. The summed E-state index contributed by atoms with van der Waals surface area (Å²) in [6, 6.07) is 5.63. The molecule has 1 aromatic carbocycles. The van der Waals surface area contributed by atoms with Crippen molar-refractivity contribution < 1.29 is 0 Å². The Morgan fingerprint density at radius 1 is 1.44 bits per heavy atom. The van der Waals surface area contributed by atoms with Gasteiger partial charge >= 0.3 is 0 Å². The lowest BCUT2D eigenvalue weighted by Crippen LogP contribution is -2.15. The Balaban J connectivity index is 1.94. The first-order valence-corrected chi connectivity index (χ1v) is 6.32. The average Bonchev–Trinajstić information content (AvgIpc) is 2.98. The van der Waals surface area contributed by atoms with Crippen LogP contribution in [-0.4, -0.2) is 6.54 Å². The van der Waals surface area contributed by atoms with Gasteiger partial charge in [-0.2, -0.15) is 0 Å². The molecule has 0 bridgehead atoms. The molecule has 0 aliphatic heterocycles. The minimum atomic E-state index is 0.542. The molecular formula is C13H19ClN2. The van der Waals surface area contributed by atoms with Crippen LogP contribution in [0, 0.1) is 5.41 Å². The minimum absolute atomic E-state index is 0.542. The fourth-order valence-corrected chi connectivity index (χ4v) is 2.38. The molecule has 1 aliphatic rings. The van der Waals surface area contributed by atoms with Crippen LogP contribution in [0.3, 0.4) is 0 Å². The molecule has 0 saturated heterocycles. The Bertz CT molecular complexity index is 372.